The number of ether oxygens (including phenoxy) is 6. The van der Waals surface area contributed by atoms with E-state index in [0.29, 0.717) is 12.8 Å². The van der Waals surface area contributed by atoms with Crippen LogP contribution in [0.4, 0.5) is 0 Å². The summed E-state index contributed by atoms with van der Waals surface area (Å²) in [7, 11) is 0. The Labute approximate surface area is 539 Å². The molecule has 3 rings (SSSR count). The lowest BCUT2D eigenvalue weighted by atomic mass is 9.96. The molecule has 19 heteroatoms. The van der Waals surface area contributed by atoms with Crippen molar-refractivity contribution in [3.8, 4) is 0 Å². The Kier molecular flexibility index (Phi) is 46.8. The molecule has 90 heavy (non-hydrogen) atoms. The summed E-state index contributed by atoms with van der Waals surface area (Å²) in [5, 5.41) is 120. The summed E-state index contributed by atoms with van der Waals surface area (Å²) in [6.07, 6.45) is 40.9. The summed E-state index contributed by atoms with van der Waals surface area (Å²) >= 11 is 0. The Hall–Kier alpha value is -3.29. The first-order chi connectivity index (χ1) is 43.8. The van der Waals surface area contributed by atoms with Gasteiger partial charge in [0.15, 0.2) is 18.9 Å². The van der Waals surface area contributed by atoms with Gasteiger partial charge in [0.2, 0.25) is 5.91 Å². The lowest BCUT2D eigenvalue weighted by Gasteiger charge is -2.48. The smallest absolute Gasteiger partial charge is 0.220 e. The van der Waals surface area contributed by atoms with Gasteiger partial charge in [0.25, 0.3) is 0 Å². The Morgan fingerprint density at radius 2 is 0.767 bits per heavy atom. The van der Waals surface area contributed by atoms with Gasteiger partial charge in [-0.05, 0) is 70.6 Å². The standard InChI is InChI=1S/C71H121NO18/c1-3-5-7-9-11-13-15-17-19-21-23-25-27-29-31-33-35-37-39-41-43-45-47-49-59(77)72-54(55(76)48-46-44-42-40-38-36-34-32-30-28-26-24-22-20-18-16-14-12-10-8-6-4-2)53-85-69-65(83)62(80)67(57(51-74)87-69)90-71-66(84)63(81)68(58(52-75)88-71)89-70-64(82)61(79)60(78)56(50-73)86-70/h5,7,11,13,17,19,23,25,29,31,35,37,41,43,46,48,54-58,60-71,73-76,78-84H,3-4,6,8-10,12,14-16,18,20-22,24,26-28,30,32-34,36,38-40,42,44-45,47,49-53H2,1-2H3,(H,72,77)/b7-5-,13-11-,19-17-,25-23-,31-29-,37-35-,43-41-,48-46+. The molecule has 3 aliphatic rings. The molecule has 3 fully saturated rings. The van der Waals surface area contributed by atoms with Gasteiger partial charge in [-0.15, -0.1) is 0 Å². The first kappa shape index (κ1) is 80.9. The number of carbonyl (C=O) groups is 1. The fourth-order valence-electron chi connectivity index (χ4n) is 11.1. The molecule has 17 atom stereocenters. The zero-order valence-electron chi connectivity index (χ0n) is 54.6. The number of unbranched alkanes of at least 4 members (excludes halogenated alkanes) is 21. The molecule has 3 aliphatic heterocycles. The third kappa shape index (κ3) is 33.7. The van der Waals surface area contributed by atoms with Crippen molar-refractivity contribution in [3.05, 3.63) is 97.2 Å². The average molecular weight is 1280 g/mol. The van der Waals surface area contributed by atoms with Gasteiger partial charge in [-0.2, -0.15) is 0 Å². The zero-order valence-corrected chi connectivity index (χ0v) is 54.6. The third-order valence-corrected chi connectivity index (χ3v) is 16.6. The summed E-state index contributed by atoms with van der Waals surface area (Å²) in [6.45, 7) is 1.57. The van der Waals surface area contributed by atoms with Gasteiger partial charge < -0.3 is 89.9 Å². The first-order valence-corrected chi connectivity index (χ1v) is 34.5. The van der Waals surface area contributed by atoms with Crippen LogP contribution in [0.3, 0.4) is 0 Å². The summed E-state index contributed by atoms with van der Waals surface area (Å²) in [5.41, 5.74) is 0. The number of aliphatic hydroxyl groups excluding tert-OH is 11. The average Bonchev–Trinajstić information content (AvgIpc) is 0.865. The van der Waals surface area contributed by atoms with E-state index < -0.39 is 124 Å². The molecular formula is C71H121NO18. The maximum Gasteiger partial charge on any atom is 0.220 e. The van der Waals surface area contributed by atoms with E-state index in [2.05, 4.69) is 98.2 Å². The van der Waals surface area contributed by atoms with Crippen LogP contribution in [0, 0.1) is 0 Å². The van der Waals surface area contributed by atoms with Crippen molar-refractivity contribution < 1.29 is 89.4 Å². The molecule has 0 radical (unpaired) electrons. The van der Waals surface area contributed by atoms with E-state index in [0.717, 1.165) is 70.6 Å². The first-order valence-electron chi connectivity index (χ1n) is 34.5. The highest BCUT2D eigenvalue weighted by atomic mass is 16.8. The summed E-state index contributed by atoms with van der Waals surface area (Å²) in [5.74, 6) is -0.336. The van der Waals surface area contributed by atoms with Gasteiger partial charge in [-0.3, -0.25) is 4.79 Å². The van der Waals surface area contributed by atoms with Crippen LogP contribution in [0.15, 0.2) is 97.2 Å². The van der Waals surface area contributed by atoms with E-state index in [4.69, 9.17) is 28.4 Å². The lowest BCUT2D eigenvalue weighted by Crippen LogP contribution is -2.66. The molecule has 17 unspecified atom stereocenters. The van der Waals surface area contributed by atoms with Crippen molar-refractivity contribution >= 4 is 5.91 Å². The number of hydrogen-bond donors (Lipinski definition) is 12. The second-order valence-corrected chi connectivity index (χ2v) is 24.3. The molecule has 12 N–H and O–H groups in total. The normalized spacial score (nSPS) is 28.7. The molecule has 3 saturated heterocycles. The minimum Gasteiger partial charge on any atom is -0.394 e. The Morgan fingerprint density at radius 3 is 1.19 bits per heavy atom. The molecule has 0 aromatic rings. The van der Waals surface area contributed by atoms with Crippen molar-refractivity contribution in [3.63, 3.8) is 0 Å². The van der Waals surface area contributed by atoms with Crippen molar-refractivity contribution in [1.29, 1.82) is 0 Å². The van der Waals surface area contributed by atoms with E-state index in [9.17, 15) is 61.0 Å². The molecule has 0 saturated carbocycles. The second-order valence-electron chi connectivity index (χ2n) is 24.3. The van der Waals surface area contributed by atoms with E-state index in [1.807, 2.05) is 12.2 Å². The van der Waals surface area contributed by atoms with Crippen molar-refractivity contribution in [1.82, 2.24) is 5.32 Å². The van der Waals surface area contributed by atoms with Crippen LogP contribution >= 0.6 is 0 Å². The van der Waals surface area contributed by atoms with Gasteiger partial charge in [-0.1, -0.05) is 233 Å². The van der Waals surface area contributed by atoms with Gasteiger partial charge in [-0.25, -0.2) is 0 Å². The zero-order chi connectivity index (χ0) is 65.4. The molecular weight excluding hydrogens is 1150 g/mol. The highest BCUT2D eigenvalue weighted by Crippen LogP contribution is 2.33. The van der Waals surface area contributed by atoms with E-state index >= 15 is 0 Å². The van der Waals surface area contributed by atoms with Crippen molar-refractivity contribution in [2.24, 2.45) is 0 Å². The monoisotopic (exact) mass is 1280 g/mol. The summed E-state index contributed by atoms with van der Waals surface area (Å²) < 4.78 is 34.3. The van der Waals surface area contributed by atoms with Gasteiger partial charge in [0, 0.05) is 6.42 Å². The highest BCUT2D eigenvalue weighted by Gasteiger charge is 2.53. The van der Waals surface area contributed by atoms with Crippen molar-refractivity contribution in [2.45, 2.75) is 317 Å². The number of hydrogen-bond acceptors (Lipinski definition) is 18. The highest BCUT2D eigenvalue weighted by molar-refractivity contribution is 5.76. The van der Waals surface area contributed by atoms with E-state index in [1.54, 1.807) is 6.08 Å². The van der Waals surface area contributed by atoms with Crippen molar-refractivity contribution in [2.75, 3.05) is 26.4 Å². The molecule has 0 aliphatic carbocycles. The molecule has 19 nitrogen and oxygen atoms in total. The number of aliphatic hydroxyl groups is 11. The van der Waals surface area contributed by atoms with E-state index in [-0.39, 0.29) is 18.9 Å². The van der Waals surface area contributed by atoms with E-state index in [1.165, 1.54) is 109 Å². The number of nitrogens with one attached hydrogen (secondary N) is 1. The van der Waals surface area contributed by atoms with Crippen LogP contribution < -0.4 is 5.32 Å². The maximum absolute atomic E-state index is 13.4. The third-order valence-electron chi connectivity index (χ3n) is 16.6. The van der Waals surface area contributed by atoms with Gasteiger partial charge >= 0.3 is 0 Å². The van der Waals surface area contributed by atoms with Crippen LogP contribution in [0.5, 0.6) is 0 Å². The van der Waals surface area contributed by atoms with Crippen LogP contribution in [0.25, 0.3) is 0 Å². The van der Waals surface area contributed by atoms with Crippen LogP contribution in [0.2, 0.25) is 0 Å². The number of amides is 1. The number of rotatable bonds is 51. The predicted octanol–water partition coefficient (Wildman–Crippen LogP) is 8.88. The predicted molar refractivity (Wildman–Crippen MR) is 351 cm³/mol. The minimum atomic E-state index is -1.99. The fraction of sp³-hybridized carbons (Fsp3) is 0.761. The Bertz CT molecular complexity index is 2010. The van der Waals surface area contributed by atoms with Crippen LogP contribution in [-0.4, -0.2) is 193 Å². The molecule has 3 heterocycles. The maximum atomic E-state index is 13.4. The molecule has 0 bridgehead atoms. The van der Waals surface area contributed by atoms with Crippen LogP contribution in [-0.2, 0) is 33.2 Å². The quantitative estimate of drug-likeness (QED) is 0.0200. The largest absolute Gasteiger partial charge is 0.394 e. The number of carbonyl (C=O) groups excluding carboxylic acids is 1. The minimum absolute atomic E-state index is 0.158. The van der Waals surface area contributed by atoms with Gasteiger partial charge in [0.05, 0.1) is 38.6 Å². The second kappa shape index (κ2) is 52.0. The molecule has 0 aromatic carbocycles. The summed E-state index contributed by atoms with van der Waals surface area (Å²) in [4.78, 5) is 13.4. The Morgan fingerprint density at radius 1 is 0.411 bits per heavy atom. The Balaban J connectivity index is 1.48. The van der Waals surface area contributed by atoms with Gasteiger partial charge in [0.1, 0.15) is 73.2 Å². The molecule has 1 amide bonds. The number of allylic oxidation sites excluding steroid dienone is 15. The fourth-order valence-corrected chi connectivity index (χ4v) is 11.1. The molecule has 0 aromatic heterocycles. The summed E-state index contributed by atoms with van der Waals surface area (Å²) in [6, 6.07) is -1.01. The molecule has 0 spiro atoms. The van der Waals surface area contributed by atoms with Crippen LogP contribution in [0.1, 0.15) is 213 Å². The SMILES string of the molecule is CC/C=C\C/C=C\C/C=C\C/C=C\C/C=C\C/C=C\C/C=C\CCCC(=O)NC(COC1OC(CO)C(OC2OC(CO)C(OC3OC(CO)C(O)C(O)C3O)C(O)C2O)C(O)C1O)C(O)/C=C/CCCCCCCCCCCCCCCCCCCCCC. The molecule has 518 valence electrons. The topological polar surface area (TPSA) is 307 Å². The lowest BCUT2D eigenvalue weighted by molar-refractivity contribution is -0.379.